The van der Waals surface area contributed by atoms with Crippen LogP contribution in [0.15, 0.2) is 64.2 Å². The van der Waals surface area contributed by atoms with Crippen molar-refractivity contribution in [1.82, 2.24) is 4.57 Å². The quantitative estimate of drug-likeness (QED) is 0.538. The van der Waals surface area contributed by atoms with Gasteiger partial charge in [0.1, 0.15) is 5.75 Å². The second-order valence-corrected chi connectivity index (χ2v) is 6.53. The third-order valence-corrected chi connectivity index (χ3v) is 4.78. The minimum atomic E-state index is 0.857. The predicted octanol–water partition coefficient (Wildman–Crippen LogP) is 5.62. The molecular weight excluding hydrogens is 364 g/mol. The molecule has 1 aromatic heterocycles. The van der Waals surface area contributed by atoms with E-state index < -0.39 is 0 Å². The molecule has 3 nitrogen and oxygen atoms in total. The Morgan fingerprint density at radius 2 is 1.79 bits per heavy atom. The van der Waals surface area contributed by atoms with Crippen LogP contribution in [0.4, 0.5) is 5.69 Å². The van der Waals surface area contributed by atoms with Crippen molar-refractivity contribution < 1.29 is 4.74 Å². The van der Waals surface area contributed by atoms with E-state index in [1.807, 2.05) is 42.6 Å². The number of rotatable bonds is 4. The fraction of sp³-hybridized carbons (Fsp3) is 0.150. The first-order valence-electron chi connectivity index (χ1n) is 7.70. The monoisotopic (exact) mass is 382 g/mol. The molecule has 0 bridgehead atoms. The van der Waals surface area contributed by atoms with Gasteiger partial charge >= 0.3 is 0 Å². The molecule has 0 aliphatic carbocycles. The van der Waals surface area contributed by atoms with Gasteiger partial charge in [-0.1, -0.05) is 15.9 Å². The summed E-state index contributed by atoms with van der Waals surface area (Å²) in [5.74, 6) is 0.857. The van der Waals surface area contributed by atoms with Gasteiger partial charge in [0.25, 0.3) is 0 Å². The van der Waals surface area contributed by atoms with Crippen molar-refractivity contribution in [3.8, 4) is 11.4 Å². The number of aryl methyl sites for hydroxylation is 2. The molecule has 0 aliphatic rings. The highest BCUT2D eigenvalue weighted by Crippen LogP contribution is 2.22. The molecule has 3 aromatic rings. The van der Waals surface area contributed by atoms with Crippen LogP contribution < -0.4 is 4.74 Å². The minimum Gasteiger partial charge on any atom is -0.497 e. The molecular formula is C20H19BrN2O. The molecule has 0 fully saturated rings. The first kappa shape index (κ1) is 16.5. The summed E-state index contributed by atoms with van der Waals surface area (Å²) >= 11 is 3.51. The van der Waals surface area contributed by atoms with E-state index in [9.17, 15) is 0 Å². The van der Waals surface area contributed by atoms with Crippen molar-refractivity contribution >= 4 is 27.8 Å². The summed E-state index contributed by atoms with van der Waals surface area (Å²) in [4.78, 5) is 4.57. The van der Waals surface area contributed by atoms with Gasteiger partial charge in [0.05, 0.1) is 12.8 Å². The Balaban J connectivity index is 1.85. The first-order valence-corrected chi connectivity index (χ1v) is 8.50. The van der Waals surface area contributed by atoms with Crippen molar-refractivity contribution in [2.45, 2.75) is 13.8 Å². The first-order chi connectivity index (χ1) is 11.6. The Kier molecular flexibility index (Phi) is 4.86. The summed E-state index contributed by atoms with van der Waals surface area (Å²) in [5, 5.41) is 0. The lowest BCUT2D eigenvalue weighted by Crippen LogP contribution is -1.94. The highest BCUT2D eigenvalue weighted by molar-refractivity contribution is 9.10. The molecule has 0 N–H and O–H groups in total. The third kappa shape index (κ3) is 3.60. The zero-order valence-corrected chi connectivity index (χ0v) is 15.5. The Hall–Kier alpha value is -2.33. The summed E-state index contributed by atoms with van der Waals surface area (Å²) < 4.78 is 8.46. The number of aliphatic imine (C=N–C) groups is 1. The van der Waals surface area contributed by atoms with E-state index in [4.69, 9.17) is 4.74 Å². The van der Waals surface area contributed by atoms with Crippen molar-refractivity contribution in [2.75, 3.05) is 7.11 Å². The number of ether oxygens (including phenoxy) is 1. The average molecular weight is 383 g/mol. The average Bonchev–Trinajstić information content (AvgIpc) is 2.97. The molecule has 0 atom stereocenters. The summed E-state index contributed by atoms with van der Waals surface area (Å²) in [5.41, 5.74) is 5.46. The van der Waals surface area contributed by atoms with E-state index in [2.05, 4.69) is 57.7 Å². The predicted molar refractivity (Wildman–Crippen MR) is 103 cm³/mol. The molecule has 0 saturated carbocycles. The molecule has 4 heteroatoms. The molecule has 1 heterocycles. The van der Waals surface area contributed by atoms with Gasteiger partial charge in [-0.3, -0.25) is 4.99 Å². The van der Waals surface area contributed by atoms with Gasteiger partial charge in [0.2, 0.25) is 0 Å². The number of benzene rings is 2. The Morgan fingerprint density at radius 3 is 2.46 bits per heavy atom. The standard InChI is InChI=1S/C20H19BrN2O/c1-14-10-17(4-9-20(14)21)22-12-16-11-15(2)23(13-16)18-5-7-19(24-3)8-6-18/h4-13H,1-3H3. The van der Waals surface area contributed by atoms with Crippen LogP contribution in [0, 0.1) is 13.8 Å². The van der Waals surface area contributed by atoms with Crippen LogP contribution in [-0.2, 0) is 0 Å². The Bertz CT molecular complexity index is 879. The Morgan fingerprint density at radius 1 is 1.04 bits per heavy atom. The van der Waals surface area contributed by atoms with Crippen LogP contribution in [0.2, 0.25) is 0 Å². The molecule has 0 spiro atoms. The van der Waals surface area contributed by atoms with Crippen LogP contribution in [0.1, 0.15) is 16.8 Å². The lowest BCUT2D eigenvalue weighted by Gasteiger charge is -2.06. The zero-order chi connectivity index (χ0) is 17.1. The van der Waals surface area contributed by atoms with Crippen molar-refractivity contribution in [1.29, 1.82) is 0 Å². The summed E-state index contributed by atoms with van der Waals surface area (Å²) in [6.45, 7) is 4.15. The van der Waals surface area contributed by atoms with E-state index in [1.165, 1.54) is 5.56 Å². The maximum Gasteiger partial charge on any atom is 0.119 e. The SMILES string of the molecule is COc1ccc(-n2cc(C=Nc3ccc(Br)c(C)c3)cc2C)cc1. The lowest BCUT2D eigenvalue weighted by atomic mass is 10.2. The maximum absolute atomic E-state index is 5.21. The molecule has 24 heavy (non-hydrogen) atoms. The smallest absolute Gasteiger partial charge is 0.119 e. The van der Waals surface area contributed by atoms with Crippen molar-refractivity contribution in [3.05, 3.63) is 76.0 Å². The second-order valence-electron chi connectivity index (χ2n) is 5.67. The third-order valence-electron chi connectivity index (χ3n) is 3.89. The van der Waals surface area contributed by atoms with Gasteiger partial charge in [0.15, 0.2) is 0 Å². The summed E-state index contributed by atoms with van der Waals surface area (Å²) in [6.07, 6.45) is 3.99. The highest BCUT2D eigenvalue weighted by atomic mass is 79.9. The summed E-state index contributed by atoms with van der Waals surface area (Å²) in [7, 11) is 1.67. The minimum absolute atomic E-state index is 0.857. The fourth-order valence-electron chi connectivity index (χ4n) is 2.55. The number of nitrogens with zero attached hydrogens (tertiary/aromatic N) is 2. The van der Waals surface area contributed by atoms with Gasteiger partial charge in [-0.05, 0) is 67.9 Å². The second kappa shape index (κ2) is 7.05. The molecule has 0 amide bonds. The molecule has 3 rings (SSSR count). The number of hydrogen-bond acceptors (Lipinski definition) is 2. The van der Waals surface area contributed by atoms with Gasteiger partial charge < -0.3 is 9.30 Å². The number of methoxy groups -OCH3 is 1. The van der Waals surface area contributed by atoms with Crippen LogP contribution in [-0.4, -0.2) is 17.9 Å². The summed E-state index contributed by atoms with van der Waals surface area (Å²) in [6, 6.07) is 16.2. The molecule has 0 radical (unpaired) electrons. The molecule has 2 aromatic carbocycles. The maximum atomic E-state index is 5.21. The van der Waals surface area contributed by atoms with Crippen LogP contribution in [0.3, 0.4) is 0 Å². The van der Waals surface area contributed by atoms with E-state index in [-0.39, 0.29) is 0 Å². The number of hydrogen-bond donors (Lipinski definition) is 0. The van der Waals surface area contributed by atoms with E-state index >= 15 is 0 Å². The Labute approximate surface area is 150 Å². The van der Waals surface area contributed by atoms with Gasteiger partial charge in [0, 0.05) is 33.8 Å². The molecule has 0 unspecified atom stereocenters. The zero-order valence-electron chi connectivity index (χ0n) is 14.0. The van der Waals surface area contributed by atoms with E-state index in [0.29, 0.717) is 0 Å². The molecule has 0 saturated heterocycles. The number of halogens is 1. The van der Waals surface area contributed by atoms with Crippen LogP contribution in [0.25, 0.3) is 5.69 Å². The van der Waals surface area contributed by atoms with Crippen molar-refractivity contribution in [3.63, 3.8) is 0 Å². The van der Waals surface area contributed by atoms with Crippen LogP contribution >= 0.6 is 15.9 Å². The van der Waals surface area contributed by atoms with Crippen LogP contribution in [0.5, 0.6) is 5.75 Å². The normalized spacial score (nSPS) is 11.2. The lowest BCUT2D eigenvalue weighted by molar-refractivity contribution is 0.414. The van der Waals surface area contributed by atoms with E-state index in [1.54, 1.807) is 7.11 Å². The topological polar surface area (TPSA) is 26.5 Å². The fourth-order valence-corrected chi connectivity index (χ4v) is 2.80. The number of aromatic nitrogens is 1. The van der Waals surface area contributed by atoms with Gasteiger partial charge in [-0.2, -0.15) is 0 Å². The largest absolute Gasteiger partial charge is 0.497 e. The highest BCUT2D eigenvalue weighted by Gasteiger charge is 2.04. The molecule has 122 valence electrons. The van der Waals surface area contributed by atoms with E-state index in [0.717, 1.165) is 32.9 Å². The van der Waals surface area contributed by atoms with Crippen molar-refractivity contribution in [2.24, 2.45) is 4.99 Å². The van der Waals surface area contributed by atoms with Gasteiger partial charge in [-0.25, -0.2) is 0 Å². The molecule has 0 aliphatic heterocycles. The van der Waals surface area contributed by atoms with Gasteiger partial charge in [-0.15, -0.1) is 0 Å².